The van der Waals surface area contributed by atoms with E-state index in [1.54, 1.807) is 0 Å². The average molecular weight is 454 g/mol. The molecular formula is C21H26O9S. The van der Waals surface area contributed by atoms with E-state index < -0.39 is 53.7 Å². The fourth-order valence-corrected chi connectivity index (χ4v) is 4.14. The molecule has 2 rings (SSSR count). The topological polar surface area (TPSA) is 114 Å². The lowest BCUT2D eigenvalue weighted by molar-refractivity contribution is -0.237. The number of carbonyl (C=O) groups is 4. The molecule has 0 aromatic heterocycles. The molecule has 0 aliphatic carbocycles. The van der Waals surface area contributed by atoms with Crippen LogP contribution in [0.3, 0.4) is 0 Å². The maximum Gasteiger partial charge on any atom is 0.303 e. The molecule has 1 saturated heterocycles. The molecule has 1 aromatic rings. The monoisotopic (exact) mass is 454 g/mol. The van der Waals surface area contributed by atoms with Crippen molar-refractivity contribution < 1.29 is 42.9 Å². The highest BCUT2D eigenvalue weighted by atomic mass is 32.2. The van der Waals surface area contributed by atoms with E-state index in [0.29, 0.717) is 0 Å². The summed E-state index contributed by atoms with van der Waals surface area (Å²) in [5.74, 6) is -2.50. The number of aryl methyl sites for hydroxylation is 1. The number of benzene rings is 1. The highest BCUT2D eigenvalue weighted by Gasteiger charge is 2.52. The Morgan fingerprint density at radius 2 is 1.32 bits per heavy atom. The first-order chi connectivity index (χ1) is 14.6. The van der Waals surface area contributed by atoms with Crippen molar-refractivity contribution in [1.82, 2.24) is 0 Å². The first-order valence-electron chi connectivity index (χ1n) is 9.60. The van der Waals surface area contributed by atoms with Crippen LogP contribution in [0.4, 0.5) is 0 Å². The SMILES string of the molecule is CC(=O)OC[C@H]1OC(Sc2ccc(C)cc2)[C@H](OC(C)=O)[C@@H](OC(C)=O)[C@@H]1OC(C)=O. The maximum atomic E-state index is 11.8. The Morgan fingerprint density at radius 1 is 0.806 bits per heavy atom. The van der Waals surface area contributed by atoms with Crippen molar-refractivity contribution in [3.8, 4) is 0 Å². The molecule has 5 atom stereocenters. The summed E-state index contributed by atoms with van der Waals surface area (Å²) < 4.78 is 27.3. The van der Waals surface area contributed by atoms with Gasteiger partial charge in [-0.15, -0.1) is 0 Å². The van der Waals surface area contributed by atoms with Gasteiger partial charge < -0.3 is 23.7 Å². The lowest BCUT2D eigenvalue weighted by atomic mass is 9.99. The van der Waals surface area contributed by atoms with Crippen molar-refractivity contribution in [1.29, 1.82) is 0 Å². The molecule has 1 heterocycles. The summed E-state index contributed by atoms with van der Waals surface area (Å²) >= 11 is 1.24. The van der Waals surface area contributed by atoms with E-state index >= 15 is 0 Å². The van der Waals surface area contributed by atoms with Crippen molar-refractivity contribution in [3.63, 3.8) is 0 Å². The molecule has 0 saturated carbocycles. The number of ether oxygens (including phenoxy) is 5. The van der Waals surface area contributed by atoms with Crippen LogP contribution in [-0.4, -0.2) is 60.3 Å². The Kier molecular flexibility index (Phi) is 8.88. The zero-order chi connectivity index (χ0) is 23.1. The third kappa shape index (κ3) is 7.55. The molecule has 0 spiro atoms. The second-order valence-electron chi connectivity index (χ2n) is 7.00. The highest BCUT2D eigenvalue weighted by molar-refractivity contribution is 7.99. The van der Waals surface area contributed by atoms with Crippen LogP contribution in [0.1, 0.15) is 33.3 Å². The number of esters is 4. The summed E-state index contributed by atoms with van der Waals surface area (Å²) in [4.78, 5) is 47.5. The molecule has 10 heteroatoms. The third-order valence-electron chi connectivity index (χ3n) is 4.22. The highest BCUT2D eigenvalue weighted by Crippen LogP contribution is 2.37. The minimum absolute atomic E-state index is 0.247. The first-order valence-corrected chi connectivity index (χ1v) is 10.5. The predicted molar refractivity (Wildman–Crippen MR) is 109 cm³/mol. The van der Waals surface area contributed by atoms with Crippen LogP contribution in [-0.2, 0) is 42.9 Å². The van der Waals surface area contributed by atoms with E-state index in [2.05, 4.69) is 0 Å². The molecular weight excluding hydrogens is 428 g/mol. The fraction of sp³-hybridized carbons (Fsp3) is 0.524. The van der Waals surface area contributed by atoms with Crippen LogP contribution in [0.15, 0.2) is 29.2 Å². The molecule has 0 N–H and O–H groups in total. The van der Waals surface area contributed by atoms with E-state index in [9.17, 15) is 19.2 Å². The third-order valence-corrected chi connectivity index (χ3v) is 5.38. The quantitative estimate of drug-likeness (QED) is 0.448. The van der Waals surface area contributed by atoms with Gasteiger partial charge in [0.15, 0.2) is 18.3 Å². The van der Waals surface area contributed by atoms with Crippen LogP contribution < -0.4 is 0 Å². The molecule has 0 radical (unpaired) electrons. The van der Waals surface area contributed by atoms with Gasteiger partial charge in [0.2, 0.25) is 0 Å². The number of thioether (sulfide) groups is 1. The molecule has 1 aromatic carbocycles. The largest absolute Gasteiger partial charge is 0.463 e. The van der Waals surface area contributed by atoms with Crippen molar-refractivity contribution in [2.75, 3.05) is 6.61 Å². The standard InChI is InChI=1S/C21H26O9S/c1-11-6-8-16(9-7-11)31-21-20(29-15(5)25)19(28-14(4)24)18(27-13(3)23)17(30-21)10-26-12(2)22/h6-9,17-21H,10H2,1-5H3/t17-,18-,19+,20-,21?/m1/s1. The molecule has 1 fully saturated rings. The summed E-state index contributed by atoms with van der Waals surface area (Å²) in [5, 5.41) is 0. The predicted octanol–water partition coefficient (Wildman–Crippen LogP) is 2.17. The van der Waals surface area contributed by atoms with E-state index in [-0.39, 0.29) is 6.61 Å². The van der Waals surface area contributed by atoms with Gasteiger partial charge in [-0.25, -0.2) is 0 Å². The minimum atomic E-state index is -1.16. The van der Waals surface area contributed by atoms with E-state index in [0.717, 1.165) is 10.5 Å². The van der Waals surface area contributed by atoms with E-state index in [1.807, 2.05) is 31.2 Å². The lowest BCUT2D eigenvalue weighted by Crippen LogP contribution is -2.61. The average Bonchev–Trinajstić information content (AvgIpc) is 2.65. The zero-order valence-corrected chi connectivity index (χ0v) is 18.8. The molecule has 1 aliphatic heterocycles. The maximum absolute atomic E-state index is 11.8. The van der Waals surface area contributed by atoms with Crippen molar-refractivity contribution in [2.45, 2.75) is 69.4 Å². The van der Waals surface area contributed by atoms with Gasteiger partial charge in [0.1, 0.15) is 18.1 Å². The van der Waals surface area contributed by atoms with Crippen LogP contribution in [0.5, 0.6) is 0 Å². The lowest BCUT2D eigenvalue weighted by Gasteiger charge is -2.44. The van der Waals surface area contributed by atoms with Gasteiger partial charge >= 0.3 is 23.9 Å². The Bertz CT molecular complexity index is 808. The number of rotatable bonds is 7. The van der Waals surface area contributed by atoms with Crippen LogP contribution in [0, 0.1) is 6.92 Å². The Labute approximate surface area is 184 Å². The van der Waals surface area contributed by atoms with Crippen molar-refractivity contribution >= 4 is 35.6 Å². The normalized spacial score (nSPS) is 25.3. The smallest absolute Gasteiger partial charge is 0.303 e. The van der Waals surface area contributed by atoms with Crippen molar-refractivity contribution in [2.24, 2.45) is 0 Å². The van der Waals surface area contributed by atoms with Gasteiger partial charge in [-0.2, -0.15) is 0 Å². The van der Waals surface area contributed by atoms with Gasteiger partial charge in [-0.1, -0.05) is 29.5 Å². The van der Waals surface area contributed by atoms with Crippen LogP contribution >= 0.6 is 11.8 Å². The first kappa shape index (κ1) is 24.7. The van der Waals surface area contributed by atoms with E-state index in [1.165, 1.54) is 39.5 Å². The summed E-state index contributed by atoms with van der Waals surface area (Å²) in [5.41, 5.74) is 0.231. The molecule has 9 nitrogen and oxygen atoms in total. The number of carbonyl (C=O) groups excluding carboxylic acids is 4. The number of hydrogen-bond donors (Lipinski definition) is 0. The summed E-state index contributed by atoms with van der Waals surface area (Å²) in [6, 6.07) is 7.56. The van der Waals surface area contributed by atoms with E-state index in [4.69, 9.17) is 23.7 Å². The second kappa shape index (κ2) is 11.1. The van der Waals surface area contributed by atoms with Gasteiger partial charge in [0.25, 0.3) is 0 Å². The second-order valence-corrected chi connectivity index (χ2v) is 8.17. The number of hydrogen-bond acceptors (Lipinski definition) is 10. The van der Waals surface area contributed by atoms with Gasteiger partial charge in [0.05, 0.1) is 0 Å². The molecule has 0 amide bonds. The summed E-state index contributed by atoms with van der Waals surface area (Å²) in [7, 11) is 0. The van der Waals surface area contributed by atoms with Gasteiger partial charge in [-0.3, -0.25) is 19.2 Å². The molecule has 0 bridgehead atoms. The fourth-order valence-electron chi connectivity index (χ4n) is 3.03. The molecule has 31 heavy (non-hydrogen) atoms. The summed E-state index contributed by atoms with van der Waals surface area (Å²) in [6.45, 7) is 6.51. The molecule has 1 aliphatic rings. The Balaban J connectivity index is 2.43. The molecule has 170 valence electrons. The van der Waals surface area contributed by atoms with Gasteiger partial charge in [0, 0.05) is 32.6 Å². The van der Waals surface area contributed by atoms with Crippen LogP contribution in [0.25, 0.3) is 0 Å². The van der Waals surface area contributed by atoms with Crippen LogP contribution in [0.2, 0.25) is 0 Å². The minimum Gasteiger partial charge on any atom is -0.463 e. The Morgan fingerprint density at radius 3 is 1.84 bits per heavy atom. The zero-order valence-electron chi connectivity index (χ0n) is 18.0. The van der Waals surface area contributed by atoms with Gasteiger partial charge in [-0.05, 0) is 19.1 Å². The summed E-state index contributed by atoms with van der Waals surface area (Å²) in [6.07, 6.45) is -4.35. The Hall–Kier alpha value is -2.59. The molecule has 1 unspecified atom stereocenters. The van der Waals surface area contributed by atoms with Crippen molar-refractivity contribution in [3.05, 3.63) is 29.8 Å².